The minimum atomic E-state index is -0.103. The van der Waals surface area contributed by atoms with Crippen LogP contribution in [0.1, 0.15) is 21.8 Å². The third-order valence-electron chi connectivity index (χ3n) is 3.24. The lowest BCUT2D eigenvalue weighted by atomic mass is 10.1. The molecule has 6 heteroatoms. The molecule has 0 saturated carbocycles. The summed E-state index contributed by atoms with van der Waals surface area (Å²) in [5.41, 5.74) is 2.58. The van der Waals surface area contributed by atoms with E-state index < -0.39 is 0 Å². The van der Waals surface area contributed by atoms with Crippen LogP contribution in [0, 0.1) is 6.92 Å². The van der Waals surface area contributed by atoms with Crippen molar-refractivity contribution in [1.82, 2.24) is 10.3 Å². The van der Waals surface area contributed by atoms with Crippen LogP contribution in [-0.2, 0) is 0 Å². The fraction of sp³-hybridized carbons (Fsp3) is 0.375. The van der Waals surface area contributed by atoms with Gasteiger partial charge in [-0.15, -0.1) is 11.3 Å². The molecule has 0 fully saturated rings. The number of thioether (sulfide) groups is 1. The molecule has 2 rings (SSSR count). The van der Waals surface area contributed by atoms with Gasteiger partial charge in [-0.1, -0.05) is 12.1 Å². The van der Waals surface area contributed by atoms with Gasteiger partial charge in [0.25, 0.3) is 5.91 Å². The van der Waals surface area contributed by atoms with Crippen molar-refractivity contribution in [2.24, 2.45) is 0 Å². The van der Waals surface area contributed by atoms with Crippen LogP contribution < -0.4 is 5.32 Å². The monoisotopic (exact) mass is 336 g/mol. The number of nitrogens with zero attached hydrogens (tertiary/aromatic N) is 1. The van der Waals surface area contributed by atoms with Crippen molar-refractivity contribution in [1.29, 1.82) is 0 Å². The van der Waals surface area contributed by atoms with Gasteiger partial charge in [0, 0.05) is 34.9 Å². The molecule has 118 valence electrons. The number of benzene rings is 1. The van der Waals surface area contributed by atoms with E-state index >= 15 is 0 Å². The Hall–Kier alpha value is -1.37. The lowest BCUT2D eigenvalue weighted by molar-refractivity contribution is 0.0935. The summed E-state index contributed by atoms with van der Waals surface area (Å²) in [6.45, 7) is 2.05. The number of aliphatic hydroxyl groups excluding tert-OH is 1. The molecule has 2 N–H and O–H groups in total. The van der Waals surface area contributed by atoms with Gasteiger partial charge in [0.15, 0.2) is 0 Å². The summed E-state index contributed by atoms with van der Waals surface area (Å²) >= 11 is 3.27. The van der Waals surface area contributed by atoms with Gasteiger partial charge < -0.3 is 10.4 Å². The zero-order valence-electron chi connectivity index (χ0n) is 12.7. The topological polar surface area (TPSA) is 62.2 Å². The first kappa shape index (κ1) is 17.0. The molecule has 0 spiro atoms. The lowest BCUT2D eigenvalue weighted by Gasteiger charge is -2.16. The number of rotatable bonds is 7. The van der Waals surface area contributed by atoms with Crippen LogP contribution in [0.3, 0.4) is 0 Å². The van der Waals surface area contributed by atoms with E-state index in [0.29, 0.717) is 12.0 Å². The Labute approximate surface area is 139 Å². The normalized spacial score (nSPS) is 12.1. The number of hydrogen-bond acceptors (Lipinski definition) is 5. The smallest absolute Gasteiger partial charge is 0.251 e. The number of aryl methyl sites for hydroxylation is 1. The standard InChI is InChI=1S/C16H20N2O2S2/c1-11-17-15(10-22-11)12-3-5-13(6-4-12)16(20)18-14(7-8-19)9-21-2/h3-6,10,14,19H,7-9H2,1-2H3,(H,18,20). The zero-order valence-corrected chi connectivity index (χ0v) is 14.3. The molecule has 1 aromatic carbocycles. The Morgan fingerprint density at radius 2 is 2.14 bits per heavy atom. The maximum atomic E-state index is 12.2. The van der Waals surface area contributed by atoms with Gasteiger partial charge in [-0.25, -0.2) is 4.98 Å². The van der Waals surface area contributed by atoms with Crippen LogP contribution in [0.4, 0.5) is 0 Å². The molecule has 1 heterocycles. The minimum Gasteiger partial charge on any atom is -0.396 e. The van der Waals surface area contributed by atoms with Crippen LogP contribution in [0.2, 0.25) is 0 Å². The molecule has 1 aromatic heterocycles. The summed E-state index contributed by atoms with van der Waals surface area (Å²) in [6, 6.07) is 7.45. The Bertz CT molecular complexity index is 605. The Morgan fingerprint density at radius 3 is 2.68 bits per heavy atom. The third-order valence-corrected chi connectivity index (χ3v) is 4.75. The molecule has 0 saturated heterocycles. The molecule has 0 aliphatic heterocycles. The van der Waals surface area contributed by atoms with Crippen LogP contribution >= 0.6 is 23.1 Å². The van der Waals surface area contributed by atoms with Gasteiger partial charge in [0.2, 0.25) is 0 Å². The van der Waals surface area contributed by atoms with Crippen LogP contribution in [-0.4, -0.2) is 40.7 Å². The van der Waals surface area contributed by atoms with Gasteiger partial charge in [0.05, 0.1) is 10.7 Å². The second-order valence-electron chi connectivity index (χ2n) is 4.97. The highest BCUT2D eigenvalue weighted by atomic mass is 32.2. The van der Waals surface area contributed by atoms with E-state index in [1.807, 2.05) is 42.8 Å². The summed E-state index contributed by atoms with van der Waals surface area (Å²) in [5, 5.41) is 15.1. The Kier molecular flexibility index (Phi) is 6.42. The molecular weight excluding hydrogens is 316 g/mol. The van der Waals surface area contributed by atoms with E-state index in [-0.39, 0.29) is 18.6 Å². The Balaban J connectivity index is 2.04. The van der Waals surface area contributed by atoms with Crippen molar-refractivity contribution in [3.8, 4) is 11.3 Å². The summed E-state index contributed by atoms with van der Waals surface area (Å²) < 4.78 is 0. The summed E-state index contributed by atoms with van der Waals surface area (Å²) in [4.78, 5) is 16.7. The highest BCUT2D eigenvalue weighted by Gasteiger charge is 2.13. The molecule has 1 unspecified atom stereocenters. The lowest BCUT2D eigenvalue weighted by Crippen LogP contribution is -2.37. The quantitative estimate of drug-likeness (QED) is 0.816. The van der Waals surface area contributed by atoms with Gasteiger partial charge in [-0.3, -0.25) is 4.79 Å². The van der Waals surface area contributed by atoms with E-state index in [1.54, 1.807) is 23.1 Å². The molecule has 0 aliphatic rings. The second kappa shape index (κ2) is 8.31. The van der Waals surface area contributed by atoms with Crippen molar-refractivity contribution >= 4 is 29.0 Å². The van der Waals surface area contributed by atoms with Crippen molar-refractivity contribution in [3.05, 3.63) is 40.2 Å². The molecule has 0 bridgehead atoms. The summed E-state index contributed by atoms with van der Waals surface area (Å²) in [5.74, 6) is 0.691. The van der Waals surface area contributed by atoms with E-state index in [2.05, 4.69) is 10.3 Å². The van der Waals surface area contributed by atoms with Gasteiger partial charge in [-0.2, -0.15) is 11.8 Å². The number of thiazole rings is 1. The molecule has 0 aliphatic carbocycles. The number of amides is 1. The molecule has 2 aromatic rings. The van der Waals surface area contributed by atoms with Gasteiger partial charge >= 0.3 is 0 Å². The number of carbonyl (C=O) groups is 1. The third kappa shape index (κ3) is 4.56. The highest BCUT2D eigenvalue weighted by molar-refractivity contribution is 7.98. The largest absolute Gasteiger partial charge is 0.396 e. The van der Waals surface area contributed by atoms with Crippen LogP contribution in [0.15, 0.2) is 29.6 Å². The summed E-state index contributed by atoms with van der Waals surface area (Å²) in [6.07, 6.45) is 2.56. The first-order valence-corrected chi connectivity index (χ1v) is 9.34. The van der Waals surface area contributed by atoms with Crippen molar-refractivity contribution < 1.29 is 9.90 Å². The first-order chi connectivity index (χ1) is 10.6. The molecular formula is C16H20N2O2S2. The average molecular weight is 336 g/mol. The Morgan fingerprint density at radius 1 is 1.41 bits per heavy atom. The number of aromatic nitrogens is 1. The average Bonchev–Trinajstić information content (AvgIpc) is 2.94. The number of nitrogens with one attached hydrogen (secondary N) is 1. The molecule has 0 radical (unpaired) electrons. The van der Waals surface area contributed by atoms with E-state index in [1.165, 1.54) is 0 Å². The molecule has 22 heavy (non-hydrogen) atoms. The van der Waals surface area contributed by atoms with Crippen molar-refractivity contribution in [2.75, 3.05) is 18.6 Å². The number of aliphatic hydroxyl groups is 1. The summed E-state index contributed by atoms with van der Waals surface area (Å²) in [7, 11) is 0. The maximum Gasteiger partial charge on any atom is 0.251 e. The first-order valence-electron chi connectivity index (χ1n) is 7.07. The highest BCUT2D eigenvalue weighted by Crippen LogP contribution is 2.21. The van der Waals surface area contributed by atoms with Crippen LogP contribution in [0.25, 0.3) is 11.3 Å². The second-order valence-corrected chi connectivity index (χ2v) is 6.94. The van der Waals surface area contributed by atoms with Crippen molar-refractivity contribution in [3.63, 3.8) is 0 Å². The van der Waals surface area contributed by atoms with Crippen LogP contribution in [0.5, 0.6) is 0 Å². The fourth-order valence-electron chi connectivity index (χ4n) is 2.11. The van der Waals surface area contributed by atoms with E-state index in [9.17, 15) is 4.79 Å². The number of carbonyl (C=O) groups excluding carboxylic acids is 1. The molecule has 1 atom stereocenters. The predicted molar refractivity (Wildman–Crippen MR) is 93.6 cm³/mol. The van der Waals surface area contributed by atoms with Gasteiger partial charge in [-0.05, 0) is 31.7 Å². The maximum absolute atomic E-state index is 12.2. The van der Waals surface area contributed by atoms with E-state index in [0.717, 1.165) is 22.0 Å². The minimum absolute atomic E-state index is 0.00614. The zero-order chi connectivity index (χ0) is 15.9. The molecule has 4 nitrogen and oxygen atoms in total. The SMILES string of the molecule is CSCC(CCO)NC(=O)c1ccc(-c2csc(C)n2)cc1. The fourth-order valence-corrected chi connectivity index (χ4v) is 3.39. The van der Waals surface area contributed by atoms with Gasteiger partial charge in [0.1, 0.15) is 0 Å². The molecule has 1 amide bonds. The van der Waals surface area contributed by atoms with E-state index in [4.69, 9.17) is 5.11 Å². The predicted octanol–water partition coefficient (Wildman–Crippen LogP) is 2.96. The number of hydrogen-bond donors (Lipinski definition) is 2. The van der Waals surface area contributed by atoms with Crippen molar-refractivity contribution in [2.45, 2.75) is 19.4 Å².